The van der Waals surface area contributed by atoms with E-state index >= 15 is 0 Å². The molecule has 0 bridgehead atoms. The lowest BCUT2D eigenvalue weighted by Gasteiger charge is -2.22. The Morgan fingerprint density at radius 3 is 2.64 bits per heavy atom. The van der Waals surface area contributed by atoms with Crippen LogP contribution in [0.2, 0.25) is 5.02 Å². The fourth-order valence-corrected chi connectivity index (χ4v) is 3.23. The molecular weight excluding hydrogens is 487 g/mol. The van der Waals surface area contributed by atoms with Gasteiger partial charge in [0.25, 0.3) is 0 Å². The van der Waals surface area contributed by atoms with Crippen LogP contribution in [0.4, 0.5) is 0 Å². The fourth-order valence-electron chi connectivity index (χ4n) is 2.96. The van der Waals surface area contributed by atoms with Gasteiger partial charge in [0.1, 0.15) is 0 Å². The number of benzene rings is 1. The molecule has 0 saturated carbocycles. The number of nitrogens with zero attached hydrogens (tertiary/aromatic N) is 5. The number of guanidine groups is 1. The van der Waals surface area contributed by atoms with Gasteiger partial charge in [-0.05, 0) is 30.2 Å². The summed E-state index contributed by atoms with van der Waals surface area (Å²) in [6.45, 7) is 1.51. The number of halogens is 2. The molecule has 3 rings (SSSR count). The van der Waals surface area contributed by atoms with E-state index in [1.54, 1.807) is 7.05 Å². The summed E-state index contributed by atoms with van der Waals surface area (Å²) >= 11 is 6.07. The monoisotopic (exact) mass is 512 g/mol. The van der Waals surface area contributed by atoms with Crippen LogP contribution in [0.25, 0.3) is 5.69 Å². The quantitative estimate of drug-likeness (QED) is 0.311. The highest BCUT2D eigenvalue weighted by atomic mass is 127. The molecule has 2 aromatic heterocycles. The van der Waals surface area contributed by atoms with Crippen LogP contribution in [0.5, 0.6) is 0 Å². The van der Waals surface area contributed by atoms with Gasteiger partial charge in [-0.15, -0.1) is 24.0 Å². The Balaban J connectivity index is 0.00000280. The van der Waals surface area contributed by atoms with E-state index in [2.05, 4.69) is 26.5 Å². The smallest absolute Gasteiger partial charge is 0.193 e. The maximum Gasteiger partial charge on any atom is 0.193 e. The molecular formula is C20H26ClIN6. The van der Waals surface area contributed by atoms with Gasteiger partial charge in [-0.2, -0.15) is 5.10 Å². The molecule has 0 aliphatic rings. The second kappa shape index (κ2) is 10.5. The molecule has 0 amide bonds. The summed E-state index contributed by atoms with van der Waals surface area (Å²) < 4.78 is 3.93. The minimum atomic E-state index is 0. The molecule has 6 nitrogen and oxygen atoms in total. The Kier molecular flexibility index (Phi) is 8.37. The van der Waals surface area contributed by atoms with Crippen LogP contribution in [0, 0.1) is 0 Å². The van der Waals surface area contributed by atoms with E-state index < -0.39 is 0 Å². The molecule has 28 heavy (non-hydrogen) atoms. The van der Waals surface area contributed by atoms with Crippen molar-refractivity contribution in [2.75, 3.05) is 20.6 Å². The summed E-state index contributed by atoms with van der Waals surface area (Å²) in [5.41, 5.74) is 3.38. The third kappa shape index (κ3) is 5.75. The fraction of sp³-hybridized carbons (Fsp3) is 0.300. The summed E-state index contributed by atoms with van der Waals surface area (Å²) in [6.07, 6.45) is 6.75. The lowest BCUT2D eigenvalue weighted by molar-refractivity contribution is 0.462. The van der Waals surface area contributed by atoms with Crippen LogP contribution in [0.1, 0.15) is 11.3 Å². The molecule has 3 aromatic rings. The Morgan fingerprint density at radius 2 is 2.00 bits per heavy atom. The number of nitrogens with one attached hydrogen (secondary N) is 1. The molecule has 0 fully saturated rings. The van der Waals surface area contributed by atoms with Gasteiger partial charge in [0, 0.05) is 45.8 Å². The molecule has 8 heteroatoms. The first-order valence-electron chi connectivity index (χ1n) is 8.88. The maximum atomic E-state index is 6.07. The maximum absolute atomic E-state index is 6.07. The molecule has 0 aliphatic carbocycles. The molecule has 0 saturated heterocycles. The molecule has 0 spiro atoms. The number of rotatable bonds is 6. The predicted molar refractivity (Wildman–Crippen MR) is 126 cm³/mol. The van der Waals surface area contributed by atoms with Crippen molar-refractivity contribution < 1.29 is 0 Å². The second-order valence-corrected chi connectivity index (χ2v) is 6.91. The summed E-state index contributed by atoms with van der Waals surface area (Å²) in [5, 5.41) is 8.60. The van der Waals surface area contributed by atoms with E-state index in [0.29, 0.717) is 0 Å². The van der Waals surface area contributed by atoms with Crippen LogP contribution in [0.15, 0.2) is 60.0 Å². The third-order valence-corrected chi connectivity index (χ3v) is 4.61. The Hall–Kier alpha value is -2.00. The minimum absolute atomic E-state index is 0. The minimum Gasteiger partial charge on any atom is -0.356 e. The van der Waals surface area contributed by atoms with Crippen molar-refractivity contribution in [2.24, 2.45) is 12.0 Å². The highest BCUT2D eigenvalue weighted by Gasteiger charge is 2.10. The van der Waals surface area contributed by atoms with E-state index in [4.69, 9.17) is 11.6 Å². The third-order valence-electron chi connectivity index (χ3n) is 4.40. The van der Waals surface area contributed by atoms with Crippen molar-refractivity contribution in [1.82, 2.24) is 24.6 Å². The average Bonchev–Trinajstić information content (AvgIpc) is 3.26. The normalized spacial score (nSPS) is 11.2. The predicted octanol–water partition coefficient (Wildman–Crippen LogP) is 3.73. The zero-order chi connectivity index (χ0) is 19.2. The van der Waals surface area contributed by atoms with Gasteiger partial charge < -0.3 is 14.8 Å². The van der Waals surface area contributed by atoms with E-state index in [0.717, 1.165) is 41.9 Å². The Labute approximate surface area is 188 Å². The van der Waals surface area contributed by atoms with Crippen LogP contribution >= 0.6 is 35.6 Å². The number of aryl methyl sites for hydroxylation is 1. The SMILES string of the molecule is CN=C(NCCc1cnn(-c2ccccc2)c1)N(C)Cc1cc(Cl)cn1C.I. The Bertz CT molecular complexity index is 903. The molecule has 0 atom stereocenters. The molecule has 1 N–H and O–H groups in total. The summed E-state index contributed by atoms with van der Waals surface area (Å²) in [4.78, 5) is 6.46. The van der Waals surface area contributed by atoms with Gasteiger partial charge in [-0.1, -0.05) is 29.8 Å². The number of aromatic nitrogens is 3. The zero-order valence-electron chi connectivity index (χ0n) is 16.3. The Morgan fingerprint density at radius 1 is 1.25 bits per heavy atom. The van der Waals surface area contributed by atoms with Crippen molar-refractivity contribution >= 4 is 41.5 Å². The second-order valence-electron chi connectivity index (χ2n) is 6.47. The van der Waals surface area contributed by atoms with Gasteiger partial charge in [0.05, 0.1) is 23.5 Å². The molecule has 150 valence electrons. The average molecular weight is 513 g/mol. The first-order valence-corrected chi connectivity index (χ1v) is 9.26. The topological polar surface area (TPSA) is 50.4 Å². The van der Waals surface area contributed by atoms with Crippen LogP contribution in [-0.4, -0.2) is 45.8 Å². The summed E-state index contributed by atoms with van der Waals surface area (Å²) in [7, 11) is 5.81. The van der Waals surface area contributed by atoms with Gasteiger partial charge >= 0.3 is 0 Å². The van der Waals surface area contributed by atoms with Crippen molar-refractivity contribution in [3.63, 3.8) is 0 Å². The van der Waals surface area contributed by atoms with Gasteiger partial charge in [0.15, 0.2) is 5.96 Å². The van der Waals surface area contributed by atoms with E-state index in [1.165, 1.54) is 5.56 Å². The number of hydrogen-bond acceptors (Lipinski definition) is 2. The van der Waals surface area contributed by atoms with E-state index in [9.17, 15) is 0 Å². The van der Waals surface area contributed by atoms with Crippen LogP contribution in [-0.2, 0) is 20.0 Å². The highest BCUT2D eigenvalue weighted by Crippen LogP contribution is 2.14. The summed E-state index contributed by atoms with van der Waals surface area (Å²) in [6, 6.07) is 12.1. The first kappa shape index (κ1) is 22.3. The molecule has 0 radical (unpaired) electrons. The van der Waals surface area contributed by atoms with Gasteiger partial charge in [-0.25, -0.2) is 4.68 Å². The standard InChI is InChI=1S/C20H25ClN6.HI/c1-22-20(26(3)15-19-11-17(21)14-25(19)2)23-10-9-16-12-24-27(13-16)18-7-5-4-6-8-18;/h4-8,11-14H,9-10,15H2,1-3H3,(H,22,23);1H. The van der Waals surface area contributed by atoms with Crippen molar-refractivity contribution in [3.8, 4) is 5.69 Å². The molecule has 2 heterocycles. The molecule has 0 aliphatic heterocycles. The van der Waals surface area contributed by atoms with Crippen molar-refractivity contribution in [2.45, 2.75) is 13.0 Å². The van der Waals surface area contributed by atoms with E-state index in [-0.39, 0.29) is 24.0 Å². The molecule has 0 unspecified atom stereocenters. The highest BCUT2D eigenvalue weighted by molar-refractivity contribution is 14.0. The van der Waals surface area contributed by atoms with Crippen molar-refractivity contribution in [3.05, 3.63) is 71.3 Å². The van der Waals surface area contributed by atoms with E-state index in [1.807, 2.05) is 72.1 Å². The van der Waals surface area contributed by atoms with Crippen molar-refractivity contribution in [1.29, 1.82) is 0 Å². The zero-order valence-corrected chi connectivity index (χ0v) is 19.4. The van der Waals surface area contributed by atoms with Gasteiger partial charge in [-0.3, -0.25) is 4.99 Å². The number of aliphatic imine (C=N–C) groups is 1. The first-order chi connectivity index (χ1) is 13.1. The lowest BCUT2D eigenvalue weighted by atomic mass is 10.2. The van der Waals surface area contributed by atoms with Crippen LogP contribution < -0.4 is 5.32 Å². The largest absolute Gasteiger partial charge is 0.356 e. The molecule has 1 aromatic carbocycles. The lowest BCUT2D eigenvalue weighted by Crippen LogP contribution is -2.39. The van der Waals surface area contributed by atoms with Crippen LogP contribution in [0.3, 0.4) is 0 Å². The summed E-state index contributed by atoms with van der Waals surface area (Å²) in [5.74, 6) is 0.850. The number of para-hydroxylation sites is 1. The number of hydrogen-bond donors (Lipinski definition) is 1. The van der Waals surface area contributed by atoms with Gasteiger partial charge in [0.2, 0.25) is 0 Å².